The summed E-state index contributed by atoms with van der Waals surface area (Å²) in [4.78, 5) is 23.1. The van der Waals surface area contributed by atoms with Gasteiger partial charge in [-0.1, -0.05) is 72.3 Å². The van der Waals surface area contributed by atoms with E-state index in [1.807, 2.05) is 0 Å². The van der Waals surface area contributed by atoms with Crippen molar-refractivity contribution in [2.24, 2.45) is 0 Å². The lowest BCUT2D eigenvalue weighted by atomic mass is 9.93. The van der Waals surface area contributed by atoms with Gasteiger partial charge in [0, 0.05) is 11.1 Å². The quantitative estimate of drug-likeness (QED) is 0.135. The number of benzene rings is 3. The molecule has 0 spiro atoms. The number of carbonyl (C=O) groups is 2. The first kappa shape index (κ1) is 29.3. The molecular weight excluding hydrogens is 569 g/mol. The Bertz CT molecular complexity index is 1500. The van der Waals surface area contributed by atoms with E-state index in [0.29, 0.717) is 11.1 Å². The first-order valence-corrected chi connectivity index (χ1v) is 12.1. The first-order valence-electron chi connectivity index (χ1n) is 10.2. The summed E-state index contributed by atoms with van der Waals surface area (Å²) in [5.74, 6) is -18.0. The van der Waals surface area contributed by atoms with Crippen molar-refractivity contribution in [3.8, 4) is 22.3 Å². The van der Waals surface area contributed by atoms with E-state index in [-0.39, 0.29) is 11.1 Å². The van der Waals surface area contributed by atoms with Gasteiger partial charge in [-0.2, -0.15) is 39.2 Å². The minimum atomic E-state index is -6.81. The molecule has 0 aromatic heterocycles. The lowest BCUT2D eigenvalue weighted by Crippen LogP contribution is -2.56. The van der Waals surface area contributed by atoms with E-state index in [2.05, 4.69) is 0 Å². The Kier molecular flexibility index (Phi) is 7.79. The molecule has 202 valence electrons. The fraction of sp³-hybridized carbons (Fsp3) is 0.167. The number of halogens is 8. The molecule has 3 aromatic carbocycles. The Morgan fingerprint density at radius 2 is 1.29 bits per heavy atom. The van der Waals surface area contributed by atoms with Crippen LogP contribution in [0.4, 0.5) is 30.7 Å². The predicted octanol–water partition coefficient (Wildman–Crippen LogP) is 6.90. The lowest BCUT2D eigenvalue weighted by Gasteiger charge is -2.26. The van der Waals surface area contributed by atoms with Crippen LogP contribution in [-0.2, 0) is 14.9 Å². The lowest BCUT2D eigenvalue weighted by molar-refractivity contribution is -0.343. The fourth-order valence-corrected chi connectivity index (χ4v) is 4.88. The molecule has 0 aliphatic carbocycles. The first-order chi connectivity index (χ1) is 17.4. The molecule has 0 saturated carbocycles. The summed E-state index contributed by atoms with van der Waals surface area (Å²) in [6, 6.07) is 16.3. The van der Waals surface area contributed by atoms with Gasteiger partial charge in [0.05, 0.1) is 11.4 Å². The number of alkyl halides is 7. The molecule has 0 radical (unpaired) electrons. The highest BCUT2D eigenvalue weighted by molar-refractivity contribution is 7.86. The van der Waals surface area contributed by atoms with E-state index in [9.17, 15) is 53.3 Å². The minimum Gasteiger partial charge on any atom is -0.294 e. The van der Waals surface area contributed by atoms with E-state index in [1.54, 1.807) is 42.5 Å². The summed E-state index contributed by atoms with van der Waals surface area (Å²) in [6.45, 7) is 0. The largest absolute Gasteiger partial charge is 0.460 e. The highest BCUT2D eigenvalue weighted by Crippen LogP contribution is 2.47. The average molecular weight is 583 g/mol. The third-order valence-corrected chi connectivity index (χ3v) is 6.82. The summed E-state index contributed by atoms with van der Waals surface area (Å²) in [5.41, 5.74) is -0.0236. The van der Waals surface area contributed by atoms with Crippen molar-refractivity contribution in [3.63, 3.8) is 0 Å². The zero-order chi connectivity index (χ0) is 28.7. The molecule has 1 N–H and O–H groups in total. The van der Waals surface area contributed by atoms with E-state index >= 15 is 0 Å². The molecule has 38 heavy (non-hydrogen) atoms. The standard InChI is InChI=1S/C24H14ClF7O5S/c25-20-17(18(33)12-19(34)22(26,27)23(28,29)24(30,31)32)11-10-16(21(20)38(35,36)37)15-9-5-4-8-14(15)13-6-2-1-3-7-13/h1-11H,12H2,(H,35,36,37). The monoisotopic (exact) mass is 582 g/mol. The summed E-state index contributed by atoms with van der Waals surface area (Å²) in [5, 5.41) is -1.06. The normalized spacial score (nSPS) is 12.9. The average Bonchev–Trinajstić information content (AvgIpc) is 2.82. The summed E-state index contributed by atoms with van der Waals surface area (Å²) < 4.78 is 125. The van der Waals surface area contributed by atoms with Crippen molar-refractivity contribution in [2.75, 3.05) is 0 Å². The number of ketones is 2. The van der Waals surface area contributed by atoms with Crippen molar-refractivity contribution in [2.45, 2.75) is 29.3 Å². The van der Waals surface area contributed by atoms with Crippen LogP contribution >= 0.6 is 11.6 Å². The third kappa shape index (κ3) is 5.31. The third-order valence-electron chi connectivity index (χ3n) is 5.38. The van der Waals surface area contributed by atoms with Crippen LogP contribution in [-0.4, -0.2) is 42.6 Å². The molecule has 14 heteroatoms. The molecule has 0 amide bonds. The van der Waals surface area contributed by atoms with Gasteiger partial charge in [-0.25, -0.2) is 0 Å². The van der Waals surface area contributed by atoms with Crippen LogP contribution in [0.2, 0.25) is 5.02 Å². The highest BCUT2D eigenvalue weighted by atomic mass is 35.5. The van der Waals surface area contributed by atoms with Crippen molar-refractivity contribution in [1.82, 2.24) is 0 Å². The molecule has 0 fully saturated rings. The van der Waals surface area contributed by atoms with Crippen molar-refractivity contribution in [3.05, 3.63) is 77.3 Å². The maximum absolute atomic E-state index is 13.7. The van der Waals surface area contributed by atoms with Crippen LogP contribution in [0.15, 0.2) is 71.6 Å². The molecule has 3 rings (SSSR count). The second kappa shape index (κ2) is 10.1. The number of hydrogen-bond acceptors (Lipinski definition) is 4. The molecule has 5 nitrogen and oxygen atoms in total. The van der Waals surface area contributed by atoms with Crippen molar-refractivity contribution in [1.29, 1.82) is 0 Å². The second-order valence-electron chi connectivity index (χ2n) is 7.86. The molecular formula is C24H14ClF7O5S. The van der Waals surface area contributed by atoms with E-state index in [0.717, 1.165) is 12.1 Å². The highest BCUT2D eigenvalue weighted by Gasteiger charge is 2.75. The summed E-state index contributed by atoms with van der Waals surface area (Å²) >= 11 is 6.01. The smallest absolute Gasteiger partial charge is 0.294 e. The zero-order valence-corrected chi connectivity index (χ0v) is 20.1. The molecule has 0 aliphatic rings. The maximum atomic E-state index is 13.7. The van der Waals surface area contributed by atoms with Crippen LogP contribution in [0.5, 0.6) is 0 Å². The number of rotatable bonds is 8. The van der Waals surface area contributed by atoms with Gasteiger partial charge in [-0.05, 0) is 22.8 Å². The van der Waals surface area contributed by atoms with Crippen molar-refractivity contribution < 1.29 is 53.3 Å². The van der Waals surface area contributed by atoms with Gasteiger partial charge in [0.25, 0.3) is 10.1 Å². The van der Waals surface area contributed by atoms with Crippen LogP contribution < -0.4 is 0 Å². The number of carbonyl (C=O) groups excluding carboxylic acids is 2. The second-order valence-corrected chi connectivity index (χ2v) is 9.60. The Hall–Kier alpha value is -3.29. The summed E-state index contributed by atoms with van der Waals surface area (Å²) in [7, 11) is -5.25. The SMILES string of the molecule is O=C(CC(=O)C(F)(F)C(F)(F)C(F)(F)F)c1ccc(-c2ccccc2-c2ccccc2)c(S(=O)(=O)O)c1Cl. The van der Waals surface area contributed by atoms with Crippen LogP contribution in [0.1, 0.15) is 16.8 Å². The van der Waals surface area contributed by atoms with Gasteiger partial charge in [0.15, 0.2) is 5.78 Å². The Labute approximate surface area is 215 Å². The van der Waals surface area contributed by atoms with Crippen LogP contribution in [0.3, 0.4) is 0 Å². The van der Waals surface area contributed by atoms with E-state index in [4.69, 9.17) is 11.6 Å². The van der Waals surface area contributed by atoms with E-state index in [1.165, 1.54) is 12.1 Å². The Morgan fingerprint density at radius 1 is 0.763 bits per heavy atom. The molecule has 0 heterocycles. The molecule has 3 aromatic rings. The Morgan fingerprint density at radius 3 is 1.82 bits per heavy atom. The summed E-state index contributed by atoms with van der Waals surface area (Å²) in [6.07, 6.45) is -8.98. The zero-order valence-electron chi connectivity index (χ0n) is 18.6. The van der Waals surface area contributed by atoms with Gasteiger partial charge in [-0.15, -0.1) is 0 Å². The van der Waals surface area contributed by atoms with E-state index < -0.39 is 61.6 Å². The maximum Gasteiger partial charge on any atom is 0.460 e. The van der Waals surface area contributed by atoms with Gasteiger partial charge >= 0.3 is 18.0 Å². The topological polar surface area (TPSA) is 88.5 Å². The van der Waals surface area contributed by atoms with Gasteiger partial charge in [0.2, 0.25) is 5.78 Å². The van der Waals surface area contributed by atoms with Crippen molar-refractivity contribution >= 4 is 33.3 Å². The Balaban J connectivity index is 2.11. The predicted molar refractivity (Wildman–Crippen MR) is 122 cm³/mol. The molecule has 0 unspecified atom stereocenters. The minimum absolute atomic E-state index is 0.180. The van der Waals surface area contributed by atoms with Crippen LogP contribution in [0, 0.1) is 0 Å². The van der Waals surface area contributed by atoms with Gasteiger partial charge in [0.1, 0.15) is 4.90 Å². The molecule has 0 atom stereocenters. The fourth-order valence-electron chi connectivity index (χ4n) is 3.53. The van der Waals surface area contributed by atoms with Gasteiger partial charge < -0.3 is 0 Å². The molecule has 0 bridgehead atoms. The number of Topliss-reactive ketones (excluding diaryl/α,β-unsaturated/α-hetero) is 2. The number of hydrogen-bond donors (Lipinski definition) is 1. The molecule has 0 aliphatic heterocycles. The van der Waals surface area contributed by atoms with Crippen LogP contribution in [0.25, 0.3) is 22.3 Å². The molecule has 0 saturated heterocycles. The van der Waals surface area contributed by atoms with Gasteiger partial charge in [-0.3, -0.25) is 14.1 Å².